The minimum atomic E-state index is -0.876. The van der Waals surface area contributed by atoms with E-state index in [1.165, 1.54) is 24.8 Å². The Labute approximate surface area is 168 Å². The number of hydrogen-bond acceptors (Lipinski definition) is 4. The Hall–Kier alpha value is -2.08. The molecule has 0 aliphatic carbocycles. The molecule has 0 saturated carbocycles. The molecule has 1 aliphatic rings. The van der Waals surface area contributed by atoms with Crippen molar-refractivity contribution < 1.29 is 19.4 Å². The zero-order chi connectivity index (χ0) is 20.6. The summed E-state index contributed by atoms with van der Waals surface area (Å²) >= 11 is 0. The summed E-state index contributed by atoms with van der Waals surface area (Å²) in [7, 11) is 0. The quantitative estimate of drug-likeness (QED) is 0.679. The molecule has 1 amide bonds. The smallest absolute Gasteiger partial charge is 0.410 e. The van der Waals surface area contributed by atoms with E-state index < -0.39 is 11.6 Å². The maximum Gasteiger partial charge on any atom is 0.410 e. The molecule has 0 atom stereocenters. The number of aryl methyl sites for hydroxylation is 1. The van der Waals surface area contributed by atoms with Gasteiger partial charge < -0.3 is 14.7 Å². The van der Waals surface area contributed by atoms with Gasteiger partial charge in [0.1, 0.15) is 5.60 Å². The second kappa shape index (κ2) is 10.5. The number of benzene rings is 1. The highest BCUT2D eigenvalue weighted by Crippen LogP contribution is 2.13. The molecule has 1 aromatic rings. The molecule has 2 rings (SSSR count). The van der Waals surface area contributed by atoms with Crippen LogP contribution in [0.2, 0.25) is 0 Å². The molecular formula is C22H34N2O4. The number of carboxylic acids is 1. The predicted octanol–water partition coefficient (Wildman–Crippen LogP) is 4.04. The number of hydrogen-bond donors (Lipinski definition) is 1. The Morgan fingerprint density at radius 3 is 2.14 bits per heavy atom. The summed E-state index contributed by atoms with van der Waals surface area (Å²) in [4.78, 5) is 27.2. The van der Waals surface area contributed by atoms with Gasteiger partial charge in [0, 0.05) is 26.2 Å². The lowest BCUT2D eigenvalue weighted by Crippen LogP contribution is -2.50. The summed E-state index contributed by atoms with van der Waals surface area (Å²) in [6, 6.07) is 7.17. The van der Waals surface area contributed by atoms with Gasteiger partial charge in [-0.15, -0.1) is 0 Å². The third kappa shape index (κ3) is 7.89. The summed E-state index contributed by atoms with van der Waals surface area (Å²) in [5.41, 5.74) is 1.10. The van der Waals surface area contributed by atoms with Gasteiger partial charge >= 0.3 is 12.1 Å². The summed E-state index contributed by atoms with van der Waals surface area (Å²) in [5, 5.41) is 8.91. The number of unbranched alkanes of at least 4 members (excludes halogenated alkanes) is 3. The van der Waals surface area contributed by atoms with Crippen LogP contribution in [-0.4, -0.2) is 65.3 Å². The second-order valence-corrected chi connectivity index (χ2v) is 8.48. The molecule has 1 aromatic carbocycles. The number of carbonyl (C=O) groups excluding carboxylic acids is 1. The molecule has 1 N–H and O–H groups in total. The van der Waals surface area contributed by atoms with Gasteiger partial charge in [0.25, 0.3) is 0 Å². The third-order valence-electron chi connectivity index (χ3n) is 4.91. The van der Waals surface area contributed by atoms with E-state index in [1.54, 1.807) is 17.0 Å². The van der Waals surface area contributed by atoms with Crippen LogP contribution in [0.4, 0.5) is 4.79 Å². The standard InChI is InChI=1S/C22H34N2O4/c1-22(2,3)28-21(27)24-16-14-23(15-17-24)13-7-5-4-6-8-18-9-11-19(12-10-18)20(25)26/h9-12H,4-8,13-17H2,1-3H3,(H,25,26). The van der Waals surface area contributed by atoms with E-state index in [9.17, 15) is 9.59 Å². The van der Waals surface area contributed by atoms with Gasteiger partial charge in [-0.25, -0.2) is 9.59 Å². The molecular weight excluding hydrogens is 356 g/mol. The summed E-state index contributed by atoms with van der Waals surface area (Å²) in [6.07, 6.45) is 5.46. The normalized spacial score (nSPS) is 15.5. The Balaban J connectivity index is 1.54. The fraction of sp³-hybridized carbons (Fsp3) is 0.636. The molecule has 1 saturated heterocycles. The molecule has 1 fully saturated rings. The Bertz CT molecular complexity index is 629. The van der Waals surface area contributed by atoms with Gasteiger partial charge in [0.15, 0.2) is 0 Å². The van der Waals surface area contributed by atoms with Gasteiger partial charge in [-0.1, -0.05) is 25.0 Å². The number of ether oxygens (including phenoxy) is 1. The van der Waals surface area contributed by atoms with Crippen LogP contribution in [0.1, 0.15) is 62.4 Å². The molecule has 6 nitrogen and oxygen atoms in total. The monoisotopic (exact) mass is 390 g/mol. The van der Waals surface area contributed by atoms with Crippen molar-refractivity contribution in [2.24, 2.45) is 0 Å². The molecule has 1 aliphatic heterocycles. The van der Waals surface area contributed by atoms with Gasteiger partial charge in [0.05, 0.1) is 5.56 Å². The van der Waals surface area contributed by atoms with Crippen molar-refractivity contribution in [3.63, 3.8) is 0 Å². The lowest BCUT2D eigenvalue weighted by Gasteiger charge is -2.35. The fourth-order valence-electron chi connectivity index (χ4n) is 3.31. The van der Waals surface area contributed by atoms with E-state index in [1.807, 2.05) is 32.9 Å². The van der Waals surface area contributed by atoms with Crippen molar-refractivity contribution in [2.45, 2.75) is 58.5 Å². The van der Waals surface area contributed by atoms with Crippen LogP contribution >= 0.6 is 0 Å². The molecule has 6 heteroatoms. The van der Waals surface area contributed by atoms with E-state index in [4.69, 9.17) is 9.84 Å². The predicted molar refractivity (Wildman–Crippen MR) is 110 cm³/mol. The zero-order valence-electron chi connectivity index (χ0n) is 17.4. The second-order valence-electron chi connectivity index (χ2n) is 8.48. The van der Waals surface area contributed by atoms with Crippen molar-refractivity contribution in [1.29, 1.82) is 0 Å². The van der Waals surface area contributed by atoms with Crippen molar-refractivity contribution in [3.05, 3.63) is 35.4 Å². The number of carbonyl (C=O) groups is 2. The summed E-state index contributed by atoms with van der Waals surface area (Å²) < 4.78 is 5.43. The van der Waals surface area contributed by atoms with Crippen LogP contribution in [0.5, 0.6) is 0 Å². The molecule has 0 unspecified atom stereocenters. The van der Waals surface area contributed by atoms with E-state index >= 15 is 0 Å². The average molecular weight is 391 g/mol. The van der Waals surface area contributed by atoms with E-state index in [0.717, 1.165) is 45.6 Å². The maximum absolute atomic E-state index is 12.1. The SMILES string of the molecule is CC(C)(C)OC(=O)N1CCN(CCCCCCc2ccc(C(=O)O)cc2)CC1. The molecule has 156 valence electrons. The molecule has 0 aromatic heterocycles. The molecule has 0 bridgehead atoms. The number of amides is 1. The summed E-state index contributed by atoms with van der Waals surface area (Å²) in [5.74, 6) is -0.876. The van der Waals surface area contributed by atoms with Crippen molar-refractivity contribution >= 4 is 12.1 Å². The lowest BCUT2D eigenvalue weighted by molar-refractivity contribution is 0.0144. The molecule has 28 heavy (non-hydrogen) atoms. The first kappa shape index (κ1) is 22.2. The highest BCUT2D eigenvalue weighted by molar-refractivity contribution is 5.87. The summed E-state index contributed by atoms with van der Waals surface area (Å²) in [6.45, 7) is 10.1. The van der Waals surface area contributed by atoms with Crippen molar-refractivity contribution in [1.82, 2.24) is 9.80 Å². The number of aromatic carboxylic acids is 1. The first-order chi connectivity index (χ1) is 13.2. The Morgan fingerprint density at radius 1 is 0.964 bits per heavy atom. The first-order valence-electron chi connectivity index (χ1n) is 10.3. The molecule has 1 heterocycles. The van der Waals surface area contributed by atoms with Gasteiger partial charge in [-0.3, -0.25) is 4.90 Å². The number of carboxylic acid groups (broad SMARTS) is 1. The minimum Gasteiger partial charge on any atom is -0.478 e. The van der Waals surface area contributed by atoms with Crippen LogP contribution in [0, 0.1) is 0 Å². The van der Waals surface area contributed by atoms with Crippen LogP contribution in [0.15, 0.2) is 24.3 Å². The van der Waals surface area contributed by atoms with Gasteiger partial charge in [-0.2, -0.15) is 0 Å². The van der Waals surface area contributed by atoms with Crippen molar-refractivity contribution in [3.8, 4) is 0 Å². The Morgan fingerprint density at radius 2 is 1.57 bits per heavy atom. The highest BCUT2D eigenvalue weighted by atomic mass is 16.6. The number of nitrogens with zero attached hydrogens (tertiary/aromatic N) is 2. The largest absolute Gasteiger partial charge is 0.478 e. The van der Waals surface area contributed by atoms with E-state index in [2.05, 4.69) is 4.90 Å². The van der Waals surface area contributed by atoms with E-state index in [-0.39, 0.29) is 6.09 Å². The zero-order valence-corrected chi connectivity index (χ0v) is 17.4. The Kier molecular flexibility index (Phi) is 8.30. The van der Waals surface area contributed by atoms with Gasteiger partial charge in [0.2, 0.25) is 0 Å². The first-order valence-corrected chi connectivity index (χ1v) is 10.3. The van der Waals surface area contributed by atoms with Crippen LogP contribution in [0.25, 0.3) is 0 Å². The molecule has 0 radical (unpaired) electrons. The number of piperazine rings is 1. The average Bonchev–Trinajstić information content (AvgIpc) is 2.64. The van der Waals surface area contributed by atoms with Gasteiger partial charge in [-0.05, 0) is 64.3 Å². The fourth-order valence-corrected chi connectivity index (χ4v) is 3.31. The van der Waals surface area contributed by atoms with Crippen LogP contribution < -0.4 is 0 Å². The van der Waals surface area contributed by atoms with Crippen molar-refractivity contribution in [2.75, 3.05) is 32.7 Å². The maximum atomic E-state index is 12.1. The highest BCUT2D eigenvalue weighted by Gasteiger charge is 2.25. The van der Waals surface area contributed by atoms with Crippen LogP contribution in [0.3, 0.4) is 0 Å². The van der Waals surface area contributed by atoms with E-state index in [0.29, 0.717) is 5.56 Å². The molecule has 0 spiro atoms. The minimum absolute atomic E-state index is 0.205. The topological polar surface area (TPSA) is 70.1 Å². The van der Waals surface area contributed by atoms with Crippen LogP contribution in [-0.2, 0) is 11.2 Å². The lowest BCUT2D eigenvalue weighted by atomic mass is 10.0. The third-order valence-corrected chi connectivity index (χ3v) is 4.91. The number of rotatable bonds is 8.